The Morgan fingerprint density at radius 2 is 1.52 bits per heavy atom. The first-order valence-electron chi connectivity index (χ1n) is 11.0. The second-order valence-corrected chi connectivity index (χ2v) is 8.65. The smallest absolute Gasteiger partial charge is 0.227 e. The lowest BCUT2D eigenvalue weighted by atomic mass is 9.86. The molecule has 2 N–H and O–H groups in total. The summed E-state index contributed by atoms with van der Waals surface area (Å²) in [7, 11) is 0. The maximum Gasteiger partial charge on any atom is 0.227 e. The fraction of sp³-hybridized carbons (Fsp3) is 0.400. The number of primary amides is 1. The highest BCUT2D eigenvalue weighted by Gasteiger charge is 2.44. The molecule has 2 fully saturated rings. The van der Waals surface area contributed by atoms with Crippen molar-refractivity contribution in [2.75, 3.05) is 26.2 Å². The van der Waals surface area contributed by atoms with Crippen LogP contribution in [0.5, 0.6) is 0 Å². The van der Waals surface area contributed by atoms with Crippen molar-refractivity contribution < 1.29 is 14.4 Å². The molecule has 0 aliphatic carbocycles. The molecular formula is C25H29N3O3. The van der Waals surface area contributed by atoms with E-state index in [4.69, 9.17) is 5.73 Å². The van der Waals surface area contributed by atoms with E-state index in [-0.39, 0.29) is 23.5 Å². The molecule has 0 aromatic heterocycles. The number of hydrogen-bond donors (Lipinski definition) is 1. The lowest BCUT2D eigenvalue weighted by Crippen LogP contribution is -2.48. The van der Waals surface area contributed by atoms with E-state index in [1.165, 1.54) is 0 Å². The van der Waals surface area contributed by atoms with Crippen LogP contribution in [0.25, 0.3) is 0 Å². The van der Waals surface area contributed by atoms with Gasteiger partial charge in [-0.05, 0) is 18.4 Å². The van der Waals surface area contributed by atoms with E-state index in [1.807, 2.05) is 48.5 Å². The molecule has 1 unspecified atom stereocenters. The third kappa shape index (κ3) is 4.85. The number of piperidine rings is 1. The van der Waals surface area contributed by atoms with Crippen LogP contribution in [0.4, 0.5) is 0 Å². The molecule has 6 nitrogen and oxygen atoms in total. The maximum absolute atomic E-state index is 13.5. The molecule has 2 heterocycles. The molecule has 31 heavy (non-hydrogen) atoms. The Morgan fingerprint density at radius 1 is 0.871 bits per heavy atom. The average Bonchev–Trinajstić information content (AvgIpc) is 3.23. The Hall–Kier alpha value is -2.99. The van der Waals surface area contributed by atoms with Crippen molar-refractivity contribution in [3.05, 3.63) is 71.8 Å². The molecule has 2 aromatic carbocycles. The van der Waals surface area contributed by atoms with Gasteiger partial charge in [-0.3, -0.25) is 19.3 Å². The van der Waals surface area contributed by atoms with E-state index in [1.54, 1.807) is 4.90 Å². The first-order valence-corrected chi connectivity index (χ1v) is 11.0. The first-order chi connectivity index (χ1) is 15.0. The summed E-state index contributed by atoms with van der Waals surface area (Å²) in [5, 5.41) is 0. The Bertz CT molecular complexity index is 932. The van der Waals surface area contributed by atoms with Crippen LogP contribution >= 0.6 is 0 Å². The minimum Gasteiger partial charge on any atom is -0.369 e. The SMILES string of the molecule is NC(=O)C1CCCN(C(=O)[C@H]2CN(Cc3ccccc3)C[C@@H]2C(=O)c2ccccc2)C1. The summed E-state index contributed by atoms with van der Waals surface area (Å²) in [5.41, 5.74) is 7.30. The number of carbonyl (C=O) groups is 3. The number of amides is 2. The standard InChI is InChI=1S/C25H29N3O3/c26-24(30)20-12-7-13-28(15-20)25(31)22-17-27(14-18-8-3-1-4-9-18)16-21(22)23(29)19-10-5-2-6-11-19/h1-6,8-11,20-22H,7,12-17H2,(H2,26,30)/t20?,21-,22-/m0/s1. The Labute approximate surface area is 183 Å². The number of Topliss-reactive ketones (excluding diaryl/α,β-unsaturated/α-hetero) is 1. The quantitative estimate of drug-likeness (QED) is 0.729. The highest BCUT2D eigenvalue weighted by molar-refractivity contribution is 6.01. The fourth-order valence-corrected chi connectivity index (χ4v) is 4.83. The molecule has 2 aliphatic rings. The van der Waals surface area contributed by atoms with Crippen molar-refractivity contribution >= 4 is 17.6 Å². The topological polar surface area (TPSA) is 83.7 Å². The highest BCUT2D eigenvalue weighted by Crippen LogP contribution is 2.31. The molecule has 3 atom stereocenters. The van der Waals surface area contributed by atoms with Crippen molar-refractivity contribution in [1.82, 2.24) is 9.80 Å². The van der Waals surface area contributed by atoms with Gasteiger partial charge in [0.15, 0.2) is 5.78 Å². The van der Waals surface area contributed by atoms with Gasteiger partial charge in [0.2, 0.25) is 11.8 Å². The van der Waals surface area contributed by atoms with Crippen LogP contribution in [0, 0.1) is 17.8 Å². The number of hydrogen-bond acceptors (Lipinski definition) is 4. The molecule has 2 aliphatic heterocycles. The Balaban J connectivity index is 1.55. The van der Waals surface area contributed by atoms with Gasteiger partial charge in [0.25, 0.3) is 0 Å². The van der Waals surface area contributed by atoms with E-state index >= 15 is 0 Å². The summed E-state index contributed by atoms with van der Waals surface area (Å²) < 4.78 is 0. The normalized spacial score (nSPS) is 24.1. The van der Waals surface area contributed by atoms with Crippen molar-refractivity contribution in [1.29, 1.82) is 0 Å². The number of nitrogens with zero attached hydrogens (tertiary/aromatic N) is 2. The zero-order valence-corrected chi connectivity index (χ0v) is 17.7. The number of ketones is 1. The van der Waals surface area contributed by atoms with Gasteiger partial charge in [-0.2, -0.15) is 0 Å². The van der Waals surface area contributed by atoms with Crippen molar-refractivity contribution in [2.24, 2.45) is 23.5 Å². The fourth-order valence-electron chi connectivity index (χ4n) is 4.83. The summed E-state index contributed by atoms with van der Waals surface area (Å²) in [6, 6.07) is 19.3. The van der Waals surface area contributed by atoms with Crippen LogP contribution in [0.2, 0.25) is 0 Å². The lowest BCUT2D eigenvalue weighted by Gasteiger charge is -2.34. The number of nitrogens with two attached hydrogens (primary N) is 1. The monoisotopic (exact) mass is 419 g/mol. The highest BCUT2D eigenvalue weighted by atomic mass is 16.2. The minimum atomic E-state index is -0.414. The van der Waals surface area contributed by atoms with Gasteiger partial charge >= 0.3 is 0 Å². The van der Waals surface area contributed by atoms with Crippen LogP contribution in [0.15, 0.2) is 60.7 Å². The average molecular weight is 420 g/mol. The summed E-state index contributed by atoms with van der Waals surface area (Å²) in [6.07, 6.45) is 1.48. The third-order valence-corrected chi connectivity index (χ3v) is 6.49. The molecule has 4 rings (SSSR count). The van der Waals surface area contributed by atoms with Gasteiger partial charge in [-0.1, -0.05) is 60.7 Å². The van der Waals surface area contributed by atoms with Gasteiger partial charge in [0.1, 0.15) is 0 Å². The van der Waals surface area contributed by atoms with E-state index < -0.39 is 11.8 Å². The van der Waals surface area contributed by atoms with E-state index in [2.05, 4.69) is 17.0 Å². The van der Waals surface area contributed by atoms with E-state index in [0.717, 1.165) is 18.4 Å². The second-order valence-electron chi connectivity index (χ2n) is 8.65. The molecule has 2 saturated heterocycles. The number of carbonyl (C=O) groups excluding carboxylic acids is 3. The van der Waals surface area contributed by atoms with Crippen molar-refractivity contribution in [3.8, 4) is 0 Å². The van der Waals surface area contributed by atoms with Crippen LogP contribution in [0.3, 0.4) is 0 Å². The second kappa shape index (κ2) is 9.43. The van der Waals surface area contributed by atoms with Crippen LogP contribution in [0.1, 0.15) is 28.8 Å². The predicted octanol–water partition coefficient (Wildman–Crippen LogP) is 2.34. The molecule has 162 valence electrons. The van der Waals surface area contributed by atoms with Gasteiger partial charge in [0.05, 0.1) is 11.8 Å². The van der Waals surface area contributed by atoms with Crippen LogP contribution in [-0.4, -0.2) is 53.6 Å². The molecule has 0 radical (unpaired) electrons. The molecule has 6 heteroatoms. The molecule has 0 bridgehead atoms. The molecule has 2 aromatic rings. The summed E-state index contributed by atoms with van der Waals surface area (Å²) in [5.74, 6) is -1.49. The van der Waals surface area contributed by atoms with E-state index in [9.17, 15) is 14.4 Å². The van der Waals surface area contributed by atoms with Crippen molar-refractivity contribution in [3.63, 3.8) is 0 Å². The summed E-state index contributed by atoms with van der Waals surface area (Å²) in [4.78, 5) is 42.5. The largest absolute Gasteiger partial charge is 0.369 e. The molecule has 0 spiro atoms. The summed E-state index contributed by atoms with van der Waals surface area (Å²) >= 11 is 0. The Morgan fingerprint density at radius 3 is 2.19 bits per heavy atom. The maximum atomic E-state index is 13.5. The van der Waals surface area contributed by atoms with Gasteiger partial charge in [0, 0.05) is 44.2 Å². The Kier molecular flexibility index (Phi) is 6.47. The van der Waals surface area contributed by atoms with Crippen molar-refractivity contribution in [2.45, 2.75) is 19.4 Å². The summed E-state index contributed by atoms with van der Waals surface area (Å²) in [6.45, 7) is 2.76. The predicted molar refractivity (Wildman–Crippen MR) is 118 cm³/mol. The number of rotatable bonds is 6. The van der Waals surface area contributed by atoms with E-state index in [0.29, 0.717) is 38.3 Å². The van der Waals surface area contributed by atoms with Gasteiger partial charge in [-0.25, -0.2) is 0 Å². The number of benzene rings is 2. The van der Waals surface area contributed by atoms with Crippen LogP contribution in [-0.2, 0) is 16.1 Å². The third-order valence-electron chi connectivity index (χ3n) is 6.49. The van der Waals surface area contributed by atoms with Gasteiger partial charge < -0.3 is 10.6 Å². The zero-order valence-electron chi connectivity index (χ0n) is 17.7. The zero-order chi connectivity index (χ0) is 21.8. The lowest BCUT2D eigenvalue weighted by molar-refractivity contribution is -0.139. The van der Waals surface area contributed by atoms with Crippen LogP contribution < -0.4 is 5.73 Å². The number of likely N-dealkylation sites (tertiary alicyclic amines) is 2. The van der Waals surface area contributed by atoms with Gasteiger partial charge in [-0.15, -0.1) is 0 Å². The molecular weight excluding hydrogens is 390 g/mol. The molecule has 0 saturated carbocycles. The minimum absolute atomic E-state index is 0.0120. The first kappa shape index (κ1) is 21.2. The molecule has 2 amide bonds.